The molecule has 1 aromatic carbocycles. The number of rotatable bonds is 11. The predicted octanol–water partition coefficient (Wildman–Crippen LogP) is 6.74. The highest BCUT2D eigenvalue weighted by Crippen LogP contribution is 2.52. The van der Waals surface area contributed by atoms with Crippen LogP contribution in [0.2, 0.25) is 25.7 Å². The van der Waals surface area contributed by atoms with Crippen molar-refractivity contribution >= 4 is 42.8 Å². The van der Waals surface area contributed by atoms with Gasteiger partial charge in [0.05, 0.1) is 24.8 Å². The highest BCUT2D eigenvalue weighted by molar-refractivity contribution is 8.22. The maximum atomic E-state index is 15.3. The maximum Gasteiger partial charge on any atom is 0.416 e. The molecule has 1 aliphatic heterocycles. The molecule has 1 aromatic heterocycles. The molecule has 2 aromatic rings. The van der Waals surface area contributed by atoms with Crippen LogP contribution in [-0.2, 0) is 10.3 Å². The smallest absolute Gasteiger partial charge is 0.416 e. The van der Waals surface area contributed by atoms with Crippen molar-refractivity contribution < 1.29 is 37.3 Å². The van der Waals surface area contributed by atoms with Crippen LogP contribution in [0.3, 0.4) is 0 Å². The van der Waals surface area contributed by atoms with E-state index >= 15 is 8.78 Å². The lowest BCUT2D eigenvalue weighted by atomic mass is 9.86. The van der Waals surface area contributed by atoms with Crippen LogP contribution < -0.4 is 4.74 Å². The second-order valence-corrected chi connectivity index (χ2v) is 20.3. The van der Waals surface area contributed by atoms with Gasteiger partial charge >= 0.3 is 6.09 Å². The first kappa shape index (κ1) is 33.8. The molecule has 1 amide bonds. The van der Waals surface area contributed by atoms with Gasteiger partial charge in [-0.05, 0) is 55.5 Å². The van der Waals surface area contributed by atoms with E-state index in [1.54, 1.807) is 0 Å². The van der Waals surface area contributed by atoms with Crippen molar-refractivity contribution in [1.82, 2.24) is 19.2 Å². The summed E-state index contributed by atoms with van der Waals surface area (Å²) < 4.78 is 64.7. The van der Waals surface area contributed by atoms with Gasteiger partial charge < -0.3 is 14.6 Å². The molecule has 3 N–H and O–H groups in total. The van der Waals surface area contributed by atoms with Gasteiger partial charge in [-0.3, -0.25) is 9.11 Å². The highest BCUT2D eigenvalue weighted by atomic mass is 32.3. The number of ether oxygens (including phenoxy) is 2. The monoisotopic (exact) mass is 653 g/mol. The van der Waals surface area contributed by atoms with Crippen LogP contribution in [0.4, 0.5) is 13.6 Å². The summed E-state index contributed by atoms with van der Waals surface area (Å²) in [6.45, 7) is 8.40. The van der Waals surface area contributed by atoms with Gasteiger partial charge in [0.15, 0.2) is 5.83 Å². The molecule has 1 saturated carbocycles. The third-order valence-corrected chi connectivity index (χ3v) is 11.4. The lowest BCUT2D eigenvalue weighted by molar-refractivity contribution is 0.0650. The number of guanidine groups is 1. The Morgan fingerprint density at radius 1 is 1.25 bits per heavy atom. The predicted molar refractivity (Wildman–Crippen MR) is 169 cm³/mol. The molecule has 2 heterocycles. The number of hydrogen-bond donors (Lipinski definition) is 3. The minimum absolute atomic E-state index is 0.0434. The Hall–Kier alpha value is -3.11. The van der Waals surface area contributed by atoms with E-state index in [1.807, 2.05) is 0 Å². The Kier molecular flexibility index (Phi) is 10.3. The van der Waals surface area contributed by atoms with Crippen LogP contribution in [-0.4, -0.2) is 86.3 Å². The van der Waals surface area contributed by atoms with Crippen molar-refractivity contribution in [3.05, 3.63) is 53.2 Å². The van der Waals surface area contributed by atoms with Crippen molar-refractivity contribution in [1.29, 1.82) is 0 Å². The van der Waals surface area contributed by atoms with Gasteiger partial charge in [0.2, 0.25) is 11.8 Å². The normalized spacial score (nSPS) is 21.3. The lowest BCUT2D eigenvalue weighted by Gasteiger charge is -2.51. The zero-order valence-corrected chi connectivity index (χ0v) is 27.5. The fraction of sp³-hybridized carbons (Fsp3) is 0.517. The van der Waals surface area contributed by atoms with Gasteiger partial charge in [-0.15, -0.1) is 10.8 Å². The number of aromatic nitrogens is 2. The van der Waals surface area contributed by atoms with Gasteiger partial charge in [-0.2, -0.15) is 0 Å². The average molecular weight is 654 g/mol. The van der Waals surface area contributed by atoms with Gasteiger partial charge in [-0.1, -0.05) is 32.1 Å². The first-order valence-electron chi connectivity index (χ1n) is 14.4. The first-order chi connectivity index (χ1) is 20.6. The zero-order valence-electron chi connectivity index (χ0n) is 25.7. The van der Waals surface area contributed by atoms with E-state index in [4.69, 9.17) is 9.47 Å². The molecule has 1 aliphatic carbocycles. The molecule has 0 spiro atoms. The van der Waals surface area contributed by atoms with Crippen molar-refractivity contribution in [2.24, 2.45) is 10.9 Å². The minimum atomic E-state index is -3.64. The Balaban J connectivity index is 1.59. The maximum absolute atomic E-state index is 15.3. The molecule has 0 bridgehead atoms. The van der Waals surface area contributed by atoms with E-state index in [1.165, 1.54) is 44.9 Å². The number of carboxylic acid groups (broad SMARTS) is 1. The SMILES string of the molecule is CN1C(N(COCC[Si](C)(C)C)C(=O)O)=NC(C)(c2cc(C=C(F)c3cnc(OCC4CCC4)cn3)ccc2F)CS1(O)O. The van der Waals surface area contributed by atoms with E-state index < -0.39 is 54.6 Å². The average Bonchev–Trinajstić information content (AvgIpc) is 2.90. The Bertz CT molecular complexity index is 1400. The summed E-state index contributed by atoms with van der Waals surface area (Å²) in [7, 11) is -3.79. The molecule has 1 unspecified atom stereocenters. The number of amides is 1. The Morgan fingerprint density at radius 2 is 1.98 bits per heavy atom. The third kappa shape index (κ3) is 8.32. The largest absolute Gasteiger partial charge is 0.476 e. The van der Waals surface area contributed by atoms with Crippen LogP contribution in [0.1, 0.15) is 43.0 Å². The van der Waals surface area contributed by atoms with Crippen LogP contribution >= 0.6 is 10.8 Å². The Morgan fingerprint density at radius 3 is 2.57 bits per heavy atom. The summed E-state index contributed by atoms with van der Waals surface area (Å²) in [5, 5.41) is 9.96. The van der Waals surface area contributed by atoms with Gasteiger partial charge in [0.1, 0.15) is 23.8 Å². The Labute approximate surface area is 259 Å². The van der Waals surface area contributed by atoms with Crippen molar-refractivity contribution in [3.63, 3.8) is 0 Å². The van der Waals surface area contributed by atoms with Gasteiger partial charge in [0, 0.05) is 27.3 Å². The minimum Gasteiger partial charge on any atom is -0.476 e. The summed E-state index contributed by atoms with van der Waals surface area (Å²) >= 11 is 0. The van der Waals surface area contributed by atoms with Crippen LogP contribution in [0, 0.1) is 11.7 Å². The summed E-state index contributed by atoms with van der Waals surface area (Å²) in [5.41, 5.74) is -1.47. The topological polar surface area (TPSA) is 141 Å². The number of halogens is 2. The molecule has 1 atom stereocenters. The first-order valence-corrected chi connectivity index (χ1v) is 19.8. The van der Waals surface area contributed by atoms with E-state index in [2.05, 4.69) is 34.6 Å². The zero-order chi connectivity index (χ0) is 32.3. The van der Waals surface area contributed by atoms with E-state index in [-0.39, 0.29) is 22.8 Å². The molecule has 242 valence electrons. The summed E-state index contributed by atoms with van der Waals surface area (Å²) in [6, 6.07) is 4.62. The molecule has 4 rings (SSSR count). The van der Waals surface area contributed by atoms with Gasteiger partial charge in [0.25, 0.3) is 0 Å². The van der Waals surface area contributed by atoms with Gasteiger partial charge in [-0.25, -0.2) is 37.7 Å². The van der Waals surface area contributed by atoms with Crippen molar-refractivity contribution in [3.8, 4) is 5.88 Å². The second-order valence-electron chi connectivity index (χ2n) is 12.6. The highest BCUT2D eigenvalue weighted by Gasteiger charge is 2.45. The summed E-state index contributed by atoms with van der Waals surface area (Å²) in [4.78, 5) is 25.7. The van der Waals surface area contributed by atoms with Crippen molar-refractivity contribution in [2.45, 2.75) is 57.4 Å². The van der Waals surface area contributed by atoms with Crippen LogP contribution in [0.15, 0.2) is 35.6 Å². The third-order valence-electron chi connectivity index (χ3n) is 7.66. The molecular weight excluding hydrogens is 612 g/mol. The van der Waals surface area contributed by atoms with E-state index in [0.29, 0.717) is 25.0 Å². The van der Waals surface area contributed by atoms with E-state index in [0.717, 1.165) is 40.2 Å². The van der Waals surface area contributed by atoms with Crippen LogP contribution in [0.25, 0.3) is 11.9 Å². The fourth-order valence-corrected chi connectivity index (χ4v) is 7.00. The molecule has 2 aliphatic rings. The molecule has 44 heavy (non-hydrogen) atoms. The molecule has 0 saturated heterocycles. The molecule has 1 fully saturated rings. The fourth-order valence-electron chi connectivity index (χ4n) is 4.67. The molecule has 0 radical (unpaired) electrons. The number of benzene rings is 1. The lowest BCUT2D eigenvalue weighted by Crippen LogP contribution is -2.53. The summed E-state index contributed by atoms with van der Waals surface area (Å²) in [6.07, 6.45) is 5.76. The molecular formula is C29H41F2N5O6SSi. The van der Waals surface area contributed by atoms with Crippen molar-refractivity contribution in [2.75, 3.05) is 32.7 Å². The standard InChI is InChI=1S/C29H41F2N5O6SSi/c1-29(18-43(39,40)35(2)27(34-29)36(28(37)38)19-41-11-12-44(3,4)5)22-13-21(9-10-23(22)30)14-24(31)25-15-33-26(16-32-25)42-17-20-7-6-8-20/h9-10,13-16,20,39-40H,6-8,11-12,17-19H2,1-5H3,(H,37,38). The number of carbonyl (C=O) groups is 1. The van der Waals surface area contributed by atoms with Crippen LogP contribution in [0.5, 0.6) is 5.88 Å². The quantitative estimate of drug-likeness (QED) is 0.137. The second kappa shape index (κ2) is 13.5. The van der Waals surface area contributed by atoms with E-state index in [9.17, 15) is 19.0 Å². The number of hydrogen-bond acceptors (Lipinski definition) is 9. The number of nitrogens with zero attached hydrogens (tertiary/aromatic N) is 5. The molecule has 15 heteroatoms. The number of aliphatic imine (C=N–C) groups is 1. The summed E-state index contributed by atoms with van der Waals surface area (Å²) in [5.74, 6) is -1.37. The molecule has 11 nitrogen and oxygen atoms in total.